The summed E-state index contributed by atoms with van der Waals surface area (Å²) in [5, 5.41) is 10.6. The third kappa shape index (κ3) is 7.07. The largest absolute Gasteiger partial charge is 0.369 e. The van der Waals surface area contributed by atoms with E-state index >= 15 is 0 Å². The van der Waals surface area contributed by atoms with Gasteiger partial charge < -0.3 is 25.8 Å². The number of carbonyl (C=O) groups is 1. The van der Waals surface area contributed by atoms with Gasteiger partial charge in [-0.2, -0.15) is 0 Å². The van der Waals surface area contributed by atoms with E-state index in [4.69, 9.17) is 15.2 Å². The third-order valence-corrected chi connectivity index (χ3v) is 5.34. The molecule has 0 bridgehead atoms. The van der Waals surface area contributed by atoms with Gasteiger partial charge in [-0.3, -0.25) is 4.79 Å². The van der Waals surface area contributed by atoms with Crippen molar-refractivity contribution < 1.29 is 9.32 Å². The van der Waals surface area contributed by atoms with Gasteiger partial charge in [-0.25, -0.2) is 9.98 Å². The summed E-state index contributed by atoms with van der Waals surface area (Å²) in [6.07, 6.45) is 3.53. The van der Waals surface area contributed by atoms with E-state index in [-0.39, 0.29) is 35.8 Å². The normalized spacial score (nSPS) is 16.6. The number of hydrogen-bond donors (Lipinski definition) is 3. The minimum atomic E-state index is -0.244. The lowest BCUT2D eigenvalue weighted by atomic mass is 9.97. The monoisotopic (exact) mass is 555 g/mol. The summed E-state index contributed by atoms with van der Waals surface area (Å²) in [5.41, 5.74) is 7.49. The molecular formula is C22H34IN7O2. The van der Waals surface area contributed by atoms with E-state index in [1.165, 1.54) is 0 Å². The summed E-state index contributed by atoms with van der Waals surface area (Å²) in [6.45, 7) is 9.36. The topological polar surface area (TPSA) is 122 Å². The standard InChI is InChI=1S/C22H33N7O2.HI/c1-4-24-22(27-13-18-11-19(15(2)3)28-31-18)26-12-16-7-5-9-25-21(16)29-10-6-8-17(14-29)20(23)30;/h5,7,9,11,15,17H,4,6,8,10,12-14H2,1-3H3,(H2,23,30)(H2,24,26,27);1H. The first-order valence-electron chi connectivity index (χ1n) is 10.9. The number of primary amides is 1. The van der Waals surface area contributed by atoms with Crippen LogP contribution in [0.15, 0.2) is 33.9 Å². The summed E-state index contributed by atoms with van der Waals surface area (Å²) < 4.78 is 5.40. The molecule has 0 spiro atoms. The van der Waals surface area contributed by atoms with Crippen molar-refractivity contribution in [1.29, 1.82) is 0 Å². The molecule has 3 heterocycles. The first-order valence-corrected chi connectivity index (χ1v) is 10.9. The Balaban J connectivity index is 0.00000363. The van der Waals surface area contributed by atoms with Crippen molar-refractivity contribution in [3.8, 4) is 0 Å². The highest BCUT2D eigenvalue weighted by Crippen LogP contribution is 2.25. The number of hydrogen-bond acceptors (Lipinski definition) is 6. The van der Waals surface area contributed by atoms with E-state index in [0.717, 1.165) is 48.8 Å². The molecular weight excluding hydrogens is 521 g/mol. The maximum Gasteiger partial charge on any atom is 0.222 e. The van der Waals surface area contributed by atoms with Crippen molar-refractivity contribution in [3.05, 3.63) is 41.4 Å². The molecule has 9 nitrogen and oxygen atoms in total. The van der Waals surface area contributed by atoms with Crippen LogP contribution in [0.4, 0.5) is 5.82 Å². The Morgan fingerprint density at radius 3 is 2.91 bits per heavy atom. The van der Waals surface area contributed by atoms with Gasteiger partial charge in [0.15, 0.2) is 11.7 Å². The van der Waals surface area contributed by atoms with E-state index in [0.29, 0.717) is 31.5 Å². The fraction of sp³-hybridized carbons (Fsp3) is 0.545. The second-order valence-corrected chi connectivity index (χ2v) is 8.10. The average Bonchev–Trinajstić information content (AvgIpc) is 3.25. The zero-order chi connectivity index (χ0) is 22.2. The number of carbonyl (C=O) groups excluding carboxylic acids is 1. The van der Waals surface area contributed by atoms with E-state index in [2.05, 4.69) is 39.5 Å². The second-order valence-electron chi connectivity index (χ2n) is 8.10. The average molecular weight is 555 g/mol. The molecule has 4 N–H and O–H groups in total. The van der Waals surface area contributed by atoms with Gasteiger partial charge in [0.25, 0.3) is 0 Å². The maximum absolute atomic E-state index is 11.7. The molecule has 1 unspecified atom stereocenters. The predicted molar refractivity (Wildman–Crippen MR) is 136 cm³/mol. The SMILES string of the molecule is CCNC(=NCc1cccnc1N1CCCC(C(N)=O)C1)NCc1cc(C(C)C)no1.I. The van der Waals surface area contributed by atoms with Crippen LogP contribution in [0.3, 0.4) is 0 Å². The van der Waals surface area contributed by atoms with Crippen molar-refractivity contribution in [2.75, 3.05) is 24.5 Å². The van der Waals surface area contributed by atoms with Crippen LogP contribution in [-0.2, 0) is 17.9 Å². The van der Waals surface area contributed by atoms with Gasteiger partial charge in [0.1, 0.15) is 5.82 Å². The maximum atomic E-state index is 11.7. The Bertz CT molecular complexity index is 900. The van der Waals surface area contributed by atoms with Crippen LogP contribution in [-0.4, -0.2) is 41.6 Å². The number of anilines is 1. The number of nitrogens with one attached hydrogen (secondary N) is 2. The van der Waals surface area contributed by atoms with Gasteiger partial charge in [0.05, 0.1) is 24.7 Å². The van der Waals surface area contributed by atoms with Crippen molar-refractivity contribution in [2.45, 2.75) is 52.6 Å². The van der Waals surface area contributed by atoms with E-state index in [1.807, 2.05) is 25.1 Å². The number of rotatable bonds is 8. The summed E-state index contributed by atoms with van der Waals surface area (Å²) in [7, 11) is 0. The Labute approximate surface area is 206 Å². The Morgan fingerprint density at radius 1 is 1.41 bits per heavy atom. The molecule has 176 valence electrons. The highest BCUT2D eigenvalue weighted by Gasteiger charge is 2.25. The molecule has 1 aliphatic heterocycles. The van der Waals surface area contributed by atoms with Gasteiger partial charge in [-0.15, -0.1) is 24.0 Å². The van der Waals surface area contributed by atoms with Crippen LogP contribution >= 0.6 is 24.0 Å². The number of aromatic nitrogens is 2. The number of aliphatic imine (C=N–C) groups is 1. The zero-order valence-corrected chi connectivity index (χ0v) is 21.3. The van der Waals surface area contributed by atoms with Crippen LogP contribution < -0.4 is 21.3 Å². The number of pyridine rings is 1. The molecule has 2 aromatic rings. The summed E-state index contributed by atoms with van der Waals surface area (Å²) >= 11 is 0. The number of nitrogens with two attached hydrogens (primary N) is 1. The molecule has 1 atom stereocenters. The number of guanidine groups is 1. The molecule has 0 radical (unpaired) electrons. The summed E-state index contributed by atoms with van der Waals surface area (Å²) in [6, 6.07) is 5.90. The minimum absolute atomic E-state index is 0. The van der Waals surface area contributed by atoms with Crippen LogP contribution in [0.5, 0.6) is 0 Å². The van der Waals surface area contributed by atoms with Crippen molar-refractivity contribution >= 4 is 41.7 Å². The van der Waals surface area contributed by atoms with Gasteiger partial charge in [-0.05, 0) is 31.7 Å². The van der Waals surface area contributed by atoms with Crippen LogP contribution in [0.1, 0.15) is 56.5 Å². The smallest absolute Gasteiger partial charge is 0.222 e. The molecule has 1 amide bonds. The molecule has 1 saturated heterocycles. The van der Waals surface area contributed by atoms with E-state index in [1.54, 1.807) is 6.20 Å². The molecule has 0 aliphatic carbocycles. The summed E-state index contributed by atoms with van der Waals surface area (Å²) in [5.74, 6) is 2.27. The lowest BCUT2D eigenvalue weighted by Crippen LogP contribution is -2.42. The van der Waals surface area contributed by atoms with Crippen LogP contribution in [0.25, 0.3) is 0 Å². The fourth-order valence-corrected chi connectivity index (χ4v) is 3.60. The Kier molecular flexibility index (Phi) is 10.2. The quantitative estimate of drug-likeness (QED) is 0.260. The highest BCUT2D eigenvalue weighted by atomic mass is 127. The molecule has 1 fully saturated rings. The lowest BCUT2D eigenvalue weighted by Gasteiger charge is -2.33. The number of halogens is 1. The fourth-order valence-electron chi connectivity index (χ4n) is 3.60. The third-order valence-electron chi connectivity index (χ3n) is 5.34. The Morgan fingerprint density at radius 2 is 2.22 bits per heavy atom. The molecule has 10 heteroatoms. The van der Waals surface area contributed by atoms with Gasteiger partial charge in [0, 0.05) is 37.5 Å². The first-order chi connectivity index (χ1) is 15.0. The van der Waals surface area contributed by atoms with Gasteiger partial charge in [-0.1, -0.05) is 25.1 Å². The number of piperidine rings is 1. The van der Waals surface area contributed by atoms with Gasteiger partial charge in [0.2, 0.25) is 5.91 Å². The van der Waals surface area contributed by atoms with E-state index < -0.39 is 0 Å². The van der Waals surface area contributed by atoms with E-state index in [9.17, 15) is 4.79 Å². The van der Waals surface area contributed by atoms with Crippen molar-refractivity contribution in [1.82, 2.24) is 20.8 Å². The molecule has 0 saturated carbocycles. The zero-order valence-electron chi connectivity index (χ0n) is 19.0. The lowest BCUT2D eigenvalue weighted by molar-refractivity contribution is -0.122. The number of nitrogens with zero attached hydrogens (tertiary/aromatic N) is 4. The predicted octanol–water partition coefficient (Wildman–Crippen LogP) is 2.77. The molecule has 3 rings (SSSR count). The van der Waals surface area contributed by atoms with Crippen molar-refractivity contribution in [3.63, 3.8) is 0 Å². The van der Waals surface area contributed by atoms with Crippen LogP contribution in [0, 0.1) is 5.92 Å². The van der Waals surface area contributed by atoms with Gasteiger partial charge >= 0.3 is 0 Å². The molecule has 32 heavy (non-hydrogen) atoms. The highest BCUT2D eigenvalue weighted by molar-refractivity contribution is 14.0. The first kappa shape index (κ1) is 25.9. The summed E-state index contributed by atoms with van der Waals surface area (Å²) in [4.78, 5) is 23.1. The van der Waals surface area contributed by atoms with Crippen molar-refractivity contribution in [2.24, 2.45) is 16.6 Å². The van der Waals surface area contributed by atoms with Crippen LogP contribution in [0.2, 0.25) is 0 Å². The minimum Gasteiger partial charge on any atom is -0.369 e. The number of amides is 1. The molecule has 0 aromatic carbocycles. The molecule has 2 aromatic heterocycles. The molecule has 1 aliphatic rings. The Hall–Kier alpha value is -2.37. The second kappa shape index (κ2) is 12.6.